The highest BCUT2D eigenvalue weighted by molar-refractivity contribution is 5.91. The Bertz CT molecular complexity index is 497. The average Bonchev–Trinajstić information content (AvgIpc) is 2.42. The third-order valence-electron chi connectivity index (χ3n) is 4.40. The summed E-state index contributed by atoms with van der Waals surface area (Å²) in [5.74, 6) is 0.0372. The number of nitrogens with one attached hydrogen (secondary N) is 1. The van der Waals surface area contributed by atoms with E-state index in [1.807, 2.05) is 23.1 Å². The van der Waals surface area contributed by atoms with Gasteiger partial charge >= 0.3 is 0 Å². The van der Waals surface area contributed by atoms with Crippen molar-refractivity contribution in [2.75, 3.05) is 13.7 Å². The van der Waals surface area contributed by atoms with Crippen LogP contribution in [0.1, 0.15) is 19.8 Å². The monoisotopic (exact) mass is 276 g/mol. The molecule has 0 spiro atoms. The van der Waals surface area contributed by atoms with Crippen molar-refractivity contribution < 1.29 is 14.3 Å². The molecule has 0 aromatic carbocycles. The molecule has 5 heteroatoms. The topological polar surface area (TPSA) is 58.6 Å². The number of ether oxygens (including phenoxy) is 1. The van der Waals surface area contributed by atoms with Gasteiger partial charge in [0.25, 0.3) is 0 Å². The summed E-state index contributed by atoms with van der Waals surface area (Å²) in [6.45, 7) is 2.80. The van der Waals surface area contributed by atoms with E-state index >= 15 is 0 Å². The van der Waals surface area contributed by atoms with Crippen molar-refractivity contribution in [3.63, 3.8) is 0 Å². The van der Waals surface area contributed by atoms with Crippen molar-refractivity contribution in [2.45, 2.75) is 31.8 Å². The molecular weight excluding hydrogens is 256 g/mol. The van der Waals surface area contributed by atoms with Crippen LogP contribution in [0.2, 0.25) is 0 Å². The molecule has 0 aromatic rings. The molecule has 2 amide bonds. The number of rotatable bonds is 4. The first-order valence-corrected chi connectivity index (χ1v) is 7.22. The zero-order valence-electron chi connectivity index (χ0n) is 11.8. The van der Waals surface area contributed by atoms with Crippen LogP contribution in [-0.4, -0.2) is 42.5 Å². The Hall–Kier alpha value is -1.78. The molecule has 0 saturated carbocycles. The van der Waals surface area contributed by atoms with Crippen LogP contribution in [0.4, 0.5) is 0 Å². The van der Waals surface area contributed by atoms with Crippen molar-refractivity contribution in [1.29, 1.82) is 0 Å². The molecule has 4 atom stereocenters. The summed E-state index contributed by atoms with van der Waals surface area (Å²) >= 11 is 0. The van der Waals surface area contributed by atoms with Gasteiger partial charge in [-0.1, -0.05) is 25.5 Å². The van der Waals surface area contributed by atoms with Gasteiger partial charge in [-0.25, -0.2) is 0 Å². The second-order valence-electron chi connectivity index (χ2n) is 5.57. The third kappa shape index (κ3) is 1.84. The van der Waals surface area contributed by atoms with Gasteiger partial charge in [0.05, 0.1) is 25.1 Å². The predicted molar refractivity (Wildman–Crippen MR) is 73.6 cm³/mol. The van der Waals surface area contributed by atoms with Gasteiger partial charge < -0.3 is 15.0 Å². The number of methoxy groups -OCH3 is 1. The molecule has 1 N–H and O–H groups in total. The molecule has 5 aliphatic heterocycles. The SMILES string of the molecule is CCCCN1C(=O)[C@H]2C=C[C@@H]1[C@@H]1C(=O)N[C@H]2C=C1OC. The van der Waals surface area contributed by atoms with Crippen LogP contribution >= 0.6 is 0 Å². The van der Waals surface area contributed by atoms with Gasteiger partial charge in [-0.15, -0.1) is 0 Å². The highest BCUT2D eigenvalue weighted by Gasteiger charge is 2.49. The lowest BCUT2D eigenvalue weighted by Gasteiger charge is -2.46. The van der Waals surface area contributed by atoms with Crippen LogP contribution in [0.5, 0.6) is 0 Å². The molecule has 5 nitrogen and oxygen atoms in total. The van der Waals surface area contributed by atoms with Gasteiger partial charge in [0.15, 0.2) is 0 Å². The minimum atomic E-state index is -0.422. The Labute approximate surface area is 118 Å². The lowest BCUT2D eigenvalue weighted by atomic mass is 9.78. The molecule has 1 saturated heterocycles. The Morgan fingerprint density at radius 3 is 2.85 bits per heavy atom. The van der Waals surface area contributed by atoms with Crippen molar-refractivity contribution in [3.05, 3.63) is 24.0 Å². The van der Waals surface area contributed by atoms with Gasteiger partial charge in [0.2, 0.25) is 11.8 Å². The largest absolute Gasteiger partial charge is 0.500 e. The molecule has 1 aliphatic carbocycles. The molecule has 6 aliphatic rings. The summed E-state index contributed by atoms with van der Waals surface area (Å²) in [6.07, 6.45) is 7.81. The van der Waals surface area contributed by atoms with E-state index in [4.69, 9.17) is 4.74 Å². The molecule has 0 radical (unpaired) electrons. The number of amides is 2. The summed E-state index contributed by atoms with van der Waals surface area (Å²) in [5, 5.41) is 2.93. The van der Waals surface area contributed by atoms with Crippen molar-refractivity contribution in [1.82, 2.24) is 10.2 Å². The molecule has 108 valence electrons. The summed E-state index contributed by atoms with van der Waals surface area (Å²) < 4.78 is 5.40. The van der Waals surface area contributed by atoms with Gasteiger partial charge in [-0.3, -0.25) is 9.59 Å². The van der Waals surface area contributed by atoms with E-state index < -0.39 is 5.92 Å². The maximum Gasteiger partial charge on any atom is 0.233 e. The van der Waals surface area contributed by atoms with Crippen LogP contribution < -0.4 is 5.32 Å². The van der Waals surface area contributed by atoms with E-state index in [0.717, 1.165) is 12.8 Å². The number of unbranched alkanes of at least 4 members (excludes halogenated alkanes) is 1. The van der Waals surface area contributed by atoms with Gasteiger partial charge in [-0.05, 0) is 12.5 Å². The standard InChI is InChI=1S/C15H20N2O3/c1-3-4-7-17-11-6-5-9(15(17)19)10-8-12(20-2)13(11)14(18)16-10/h5-6,8-11,13H,3-4,7H2,1-2H3,(H,16,18)/t9-,10-,11+,13-/m0/s1. The molecule has 0 unspecified atom stereocenters. The number of nitrogens with zero attached hydrogens (tertiary/aromatic N) is 1. The Morgan fingerprint density at radius 2 is 2.15 bits per heavy atom. The highest BCUT2D eigenvalue weighted by atomic mass is 16.5. The van der Waals surface area contributed by atoms with Crippen LogP contribution in [-0.2, 0) is 14.3 Å². The quantitative estimate of drug-likeness (QED) is 0.774. The number of carbonyl (C=O) groups is 2. The molecule has 0 aromatic heterocycles. The van der Waals surface area contributed by atoms with Gasteiger partial charge in [0.1, 0.15) is 11.7 Å². The van der Waals surface area contributed by atoms with Crippen molar-refractivity contribution in [2.24, 2.45) is 11.8 Å². The van der Waals surface area contributed by atoms with Crippen molar-refractivity contribution in [3.8, 4) is 0 Å². The van der Waals surface area contributed by atoms with Gasteiger partial charge in [-0.2, -0.15) is 0 Å². The second-order valence-corrected chi connectivity index (χ2v) is 5.57. The fraction of sp³-hybridized carbons (Fsp3) is 0.600. The van der Waals surface area contributed by atoms with Crippen LogP contribution in [0.25, 0.3) is 0 Å². The third-order valence-corrected chi connectivity index (χ3v) is 4.40. The number of carbonyl (C=O) groups excluding carboxylic acids is 2. The fourth-order valence-electron chi connectivity index (χ4n) is 3.33. The number of hydrogen-bond donors (Lipinski definition) is 1. The minimum Gasteiger partial charge on any atom is -0.500 e. The highest BCUT2D eigenvalue weighted by Crippen LogP contribution is 2.36. The zero-order valence-corrected chi connectivity index (χ0v) is 11.8. The van der Waals surface area contributed by atoms with Crippen LogP contribution in [0, 0.1) is 11.8 Å². The predicted octanol–water partition coefficient (Wildman–Crippen LogP) is 0.828. The molecule has 6 rings (SSSR count). The Balaban J connectivity index is 2.02. The van der Waals surface area contributed by atoms with E-state index in [-0.39, 0.29) is 29.8 Å². The molecule has 4 bridgehead atoms. The molecule has 1 fully saturated rings. The van der Waals surface area contributed by atoms with Crippen LogP contribution in [0.3, 0.4) is 0 Å². The molecule has 20 heavy (non-hydrogen) atoms. The first kappa shape index (κ1) is 13.2. The van der Waals surface area contributed by atoms with E-state index in [0.29, 0.717) is 12.3 Å². The first-order valence-electron chi connectivity index (χ1n) is 7.22. The fourth-order valence-corrected chi connectivity index (χ4v) is 3.33. The summed E-state index contributed by atoms with van der Waals surface area (Å²) in [4.78, 5) is 26.8. The maximum atomic E-state index is 12.6. The summed E-state index contributed by atoms with van der Waals surface area (Å²) in [5.41, 5.74) is 0. The molecular formula is C15H20N2O3. The zero-order chi connectivity index (χ0) is 14.3. The average molecular weight is 276 g/mol. The normalized spacial score (nSPS) is 34.7. The first-order chi connectivity index (χ1) is 9.67. The van der Waals surface area contributed by atoms with Crippen LogP contribution in [0.15, 0.2) is 24.0 Å². The lowest BCUT2D eigenvalue weighted by molar-refractivity contribution is -0.144. The minimum absolute atomic E-state index is 0.0392. The van der Waals surface area contributed by atoms with E-state index in [1.54, 1.807) is 7.11 Å². The van der Waals surface area contributed by atoms with E-state index in [9.17, 15) is 9.59 Å². The Kier molecular flexibility index (Phi) is 3.28. The maximum absolute atomic E-state index is 12.6. The molecule has 5 heterocycles. The van der Waals surface area contributed by atoms with E-state index in [2.05, 4.69) is 12.2 Å². The summed E-state index contributed by atoms with van der Waals surface area (Å²) in [6, 6.07) is -0.513. The van der Waals surface area contributed by atoms with Gasteiger partial charge in [0, 0.05) is 6.54 Å². The lowest BCUT2D eigenvalue weighted by Crippen LogP contribution is -2.63. The van der Waals surface area contributed by atoms with Crippen molar-refractivity contribution >= 4 is 11.8 Å². The number of hydrogen-bond acceptors (Lipinski definition) is 3. The second kappa shape index (κ2) is 4.96. The smallest absolute Gasteiger partial charge is 0.233 e. The summed E-state index contributed by atoms with van der Waals surface area (Å²) in [7, 11) is 1.59. The van der Waals surface area contributed by atoms with E-state index in [1.165, 1.54) is 0 Å². The Morgan fingerprint density at radius 1 is 1.35 bits per heavy atom.